The van der Waals surface area contributed by atoms with Crippen LogP contribution in [-0.4, -0.2) is 28.9 Å². The van der Waals surface area contributed by atoms with Gasteiger partial charge in [-0.15, -0.1) is 0 Å². The zero-order valence-corrected chi connectivity index (χ0v) is 8.97. The van der Waals surface area contributed by atoms with Crippen LogP contribution in [0.5, 0.6) is 0 Å². The van der Waals surface area contributed by atoms with E-state index in [9.17, 15) is 19.2 Å². The summed E-state index contributed by atoms with van der Waals surface area (Å²) in [5, 5.41) is 3.56. The fraction of sp³-hybridized carbons (Fsp3) is 0. The van der Waals surface area contributed by atoms with Crippen LogP contribution < -0.4 is 22.1 Å². The van der Waals surface area contributed by atoms with Crippen LogP contribution in [0.4, 0.5) is 9.59 Å². The van der Waals surface area contributed by atoms with Crippen molar-refractivity contribution in [2.75, 3.05) is 0 Å². The van der Waals surface area contributed by atoms with Gasteiger partial charge in [0.25, 0.3) is 11.8 Å². The van der Waals surface area contributed by atoms with Crippen molar-refractivity contribution in [3.05, 3.63) is 29.6 Å². The summed E-state index contributed by atoms with van der Waals surface area (Å²) in [5.41, 5.74) is 9.10. The first-order valence-electron chi connectivity index (χ1n) is 4.59. The lowest BCUT2D eigenvalue weighted by Crippen LogP contribution is -2.37. The molecule has 0 fully saturated rings. The van der Waals surface area contributed by atoms with E-state index in [4.69, 9.17) is 11.5 Å². The largest absolute Gasteiger partial charge is 0.351 e. The fourth-order valence-corrected chi connectivity index (χ4v) is 1.04. The predicted octanol–water partition coefficient (Wildman–Crippen LogP) is -1.30. The molecule has 9 nitrogen and oxygen atoms in total. The summed E-state index contributed by atoms with van der Waals surface area (Å²) in [4.78, 5) is 47.3. The molecule has 0 saturated carbocycles. The number of amides is 6. The molecule has 0 unspecified atom stereocenters. The zero-order chi connectivity index (χ0) is 13.7. The van der Waals surface area contributed by atoms with Gasteiger partial charge in [-0.2, -0.15) is 0 Å². The van der Waals surface area contributed by atoms with Crippen molar-refractivity contribution >= 4 is 23.9 Å². The molecule has 6 amide bonds. The van der Waals surface area contributed by atoms with E-state index in [0.29, 0.717) is 0 Å². The third-order valence-electron chi connectivity index (χ3n) is 1.69. The summed E-state index contributed by atoms with van der Waals surface area (Å²) in [7, 11) is 0. The molecule has 1 heterocycles. The Balaban J connectivity index is 2.92. The Morgan fingerprint density at radius 3 is 1.61 bits per heavy atom. The minimum Gasteiger partial charge on any atom is -0.351 e. The van der Waals surface area contributed by atoms with Crippen molar-refractivity contribution in [2.45, 2.75) is 0 Å². The summed E-state index contributed by atoms with van der Waals surface area (Å²) in [6.07, 6.45) is 0. The van der Waals surface area contributed by atoms with Crippen LogP contribution >= 0.6 is 0 Å². The summed E-state index contributed by atoms with van der Waals surface area (Å²) in [5.74, 6) is -1.73. The van der Waals surface area contributed by atoms with Crippen LogP contribution in [-0.2, 0) is 0 Å². The number of pyridine rings is 1. The molecule has 1 aromatic rings. The van der Waals surface area contributed by atoms with Gasteiger partial charge in [-0.1, -0.05) is 6.07 Å². The van der Waals surface area contributed by atoms with Crippen molar-refractivity contribution in [1.82, 2.24) is 15.6 Å². The van der Waals surface area contributed by atoms with E-state index in [-0.39, 0.29) is 11.4 Å². The standard InChI is InChI=1S/C9H9N5O4/c10-8(17)13-6(15)4-2-1-3-5(12-4)7(16)14-9(11)18/h1-3H,(H3,10,13,15,17)(H3,11,14,16,18). The number of nitrogens with zero attached hydrogens (tertiary/aromatic N) is 1. The normalized spacial score (nSPS) is 9.33. The van der Waals surface area contributed by atoms with Crippen LogP contribution in [0.2, 0.25) is 0 Å². The molecule has 6 N–H and O–H groups in total. The second-order valence-electron chi connectivity index (χ2n) is 3.04. The third kappa shape index (κ3) is 3.56. The molecule has 18 heavy (non-hydrogen) atoms. The van der Waals surface area contributed by atoms with Crippen LogP contribution in [0.3, 0.4) is 0 Å². The van der Waals surface area contributed by atoms with Crippen LogP contribution in [0.15, 0.2) is 18.2 Å². The van der Waals surface area contributed by atoms with E-state index in [1.807, 2.05) is 0 Å². The highest BCUT2D eigenvalue weighted by Crippen LogP contribution is 1.99. The Kier molecular flexibility index (Phi) is 3.92. The van der Waals surface area contributed by atoms with Gasteiger partial charge in [0.05, 0.1) is 0 Å². The molecule has 0 aliphatic heterocycles. The van der Waals surface area contributed by atoms with E-state index < -0.39 is 23.9 Å². The summed E-state index contributed by atoms with van der Waals surface area (Å²) in [6.45, 7) is 0. The topological polar surface area (TPSA) is 157 Å². The molecule has 0 bridgehead atoms. The zero-order valence-electron chi connectivity index (χ0n) is 8.97. The predicted molar refractivity (Wildman–Crippen MR) is 58.3 cm³/mol. The molecule has 0 aliphatic carbocycles. The first-order valence-corrected chi connectivity index (χ1v) is 4.59. The van der Waals surface area contributed by atoms with Crippen LogP contribution in [0, 0.1) is 0 Å². The minimum atomic E-state index is -1.05. The molecule has 0 spiro atoms. The number of urea groups is 2. The Morgan fingerprint density at radius 1 is 0.889 bits per heavy atom. The molecular weight excluding hydrogens is 242 g/mol. The van der Waals surface area contributed by atoms with Crippen molar-refractivity contribution in [3.63, 3.8) is 0 Å². The Bertz CT molecular complexity index is 484. The number of aromatic nitrogens is 1. The lowest BCUT2D eigenvalue weighted by Gasteiger charge is -2.03. The average Bonchev–Trinajstić information content (AvgIpc) is 2.27. The van der Waals surface area contributed by atoms with E-state index in [0.717, 1.165) is 0 Å². The molecule has 94 valence electrons. The molecule has 0 aromatic carbocycles. The first-order chi connectivity index (χ1) is 8.40. The van der Waals surface area contributed by atoms with E-state index in [1.165, 1.54) is 18.2 Å². The number of nitrogens with two attached hydrogens (primary N) is 2. The highest BCUT2D eigenvalue weighted by Gasteiger charge is 2.14. The van der Waals surface area contributed by atoms with Crippen molar-refractivity contribution in [2.24, 2.45) is 11.5 Å². The fourth-order valence-electron chi connectivity index (χ4n) is 1.04. The molecule has 1 aromatic heterocycles. The molecule has 9 heteroatoms. The number of carbonyl (C=O) groups excluding carboxylic acids is 4. The Labute approximate surface area is 101 Å². The van der Waals surface area contributed by atoms with E-state index >= 15 is 0 Å². The van der Waals surface area contributed by atoms with Crippen molar-refractivity contribution < 1.29 is 19.2 Å². The maximum absolute atomic E-state index is 11.4. The number of hydrogen-bond acceptors (Lipinski definition) is 5. The van der Waals surface area contributed by atoms with E-state index in [2.05, 4.69) is 4.98 Å². The summed E-state index contributed by atoms with van der Waals surface area (Å²) in [6, 6.07) is 1.78. The maximum Gasteiger partial charge on any atom is 0.319 e. The van der Waals surface area contributed by atoms with Gasteiger partial charge in [0.15, 0.2) is 0 Å². The van der Waals surface area contributed by atoms with Gasteiger partial charge in [-0.3, -0.25) is 20.2 Å². The monoisotopic (exact) mass is 251 g/mol. The molecule has 0 saturated heterocycles. The second-order valence-corrected chi connectivity index (χ2v) is 3.04. The number of rotatable bonds is 2. The quantitative estimate of drug-likeness (QED) is 0.513. The second kappa shape index (κ2) is 5.39. The number of carbonyl (C=O) groups is 4. The highest BCUT2D eigenvalue weighted by atomic mass is 16.2. The van der Waals surface area contributed by atoms with Gasteiger partial charge in [-0.25, -0.2) is 14.6 Å². The van der Waals surface area contributed by atoms with Gasteiger partial charge >= 0.3 is 12.1 Å². The smallest absolute Gasteiger partial charge is 0.319 e. The highest BCUT2D eigenvalue weighted by molar-refractivity contribution is 6.05. The Morgan fingerprint density at radius 2 is 1.28 bits per heavy atom. The van der Waals surface area contributed by atoms with Gasteiger partial charge in [0.1, 0.15) is 11.4 Å². The van der Waals surface area contributed by atoms with Crippen molar-refractivity contribution in [3.8, 4) is 0 Å². The lowest BCUT2D eigenvalue weighted by atomic mass is 10.3. The summed E-state index contributed by atoms with van der Waals surface area (Å²) < 4.78 is 0. The van der Waals surface area contributed by atoms with Gasteiger partial charge in [-0.05, 0) is 12.1 Å². The third-order valence-corrected chi connectivity index (χ3v) is 1.69. The number of hydrogen-bond donors (Lipinski definition) is 4. The number of primary amides is 2. The average molecular weight is 251 g/mol. The maximum atomic E-state index is 11.4. The first kappa shape index (κ1) is 13.1. The SMILES string of the molecule is NC(=O)NC(=O)c1cccc(C(=O)NC(N)=O)n1. The van der Waals surface area contributed by atoms with Gasteiger partial charge in [0.2, 0.25) is 0 Å². The molecule has 0 aliphatic rings. The molecule has 0 radical (unpaired) electrons. The molecule has 0 atom stereocenters. The minimum absolute atomic E-state index is 0.203. The molecule has 1 rings (SSSR count). The number of imide groups is 2. The van der Waals surface area contributed by atoms with Gasteiger partial charge < -0.3 is 11.5 Å². The van der Waals surface area contributed by atoms with Gasteiger partial charge in [0, 0.05) is 0 Å². The molecular formula is C9H9N5O4. The number of nitrogens with one attached hydrogen (secondary N) is 2. The lowest BCUT2D eigenvalue weighted by molar-refractivity contribution is 0.0959. The Hall–Kier alpha value is -2.97. The van der Waals surface area contributed by atoms with Crippen molar-refractivity contribution in [1.29, 1.82) is 0 Å². The van der Waals surface area contributed by atoms with E-state index in [1.54, 1.807) is 10.6 Å². The van der Waals surface area contributed by atoms with Crippen LogP contribution in [0.25, 0.3) is 0 Å². The van der Waals surface area contributed by atoms with Crippen LogP contribution in [0.1, 0.15) is 21.0 Å². The summed E-state index contributed by atoms with van der Waals surface area (Å²) >= 11 is 0.